The van der Waals surface area contributed by atoms with Crippen molar-refractivity contribution in [3.8, 4) is 5.75 Å². The van der Waals surface area contributed by atoms with Gasteiger partial charge in [-0.25, -0.2) is 4.79 Å². The van der Waals surface area contributed by atoms with E-state index in [9.17, 15) is 40.5 Å². The second-order valence-corrected chi connectivity index (χ2v) is 19.8. The number of benzene rings is 1. The van der Waals surface area contributed by atoms with Gasteiger partial charge in [-0.1, -0.05) is 37.1 Å². The first kappa shape index (κ1) is 46.0. The molecular weight excluding hydrogens is 805 g/mol. The quantitative estimate of drug-likeness (QED) is 0.133. The average molecular weight is 873 g/mol. The van der Waals surface area contributed by atoms with E-state index in [-0.39, 0.29) is 58.9 Å². The summed E-state index contributed by atoms with van der Waals surface area (Å²) in [4.78, 5) is 13.1. The van der Waals surface area contributed by atoms with Crippen molar-refractivity contribution in [3.05, 3.63) is 53.1 Å². The Morgan fingerprint density at radius 1 is 0.871 bits per heavy atom. The van der Waals surface area contributed by atoms with E-state index in [0.29, 0.717) is 30.4 Å². The number of fused-ring (bicyclic) bond motifs is 7. The smallest absolute Gasteiger partial charge is 0.338 e. The lowest BCUT2D eigenvalue weighted by Crippen LogP contribution is -2.65. The van der Waals surface area contributed by atoms with Gasteiger partial charge in [0, 0.05) is 17.9 Å². The van der Waals surface area contributed by atoms with Crippen molar-refractivity contribution in [2.45, 2.75) is 159 Å². The molecule has 1 aromatic rings. The fourth-order valence-electron chi connectivity index (χ4n) is 13.1. The molecule has 15 heteroatoms. The summed E-state index contributed by atoms with van der Waals surface area (Å²) in [6.07, 6.45) is -5.52. The van der Waals surface area contributed by atoms with Crippen LogP contribution in [0.1, 0.15) is 89.9 Å². The molecule has 3 heterocycles. The number of aliphatic hydroxyl groups is 7. The third kappa shape index (κ3) is 7.99. The van der Waals surface area contributed by atoms with E-state index in [1.165, 1.54) is 31.7 Å². The largest absolute Gasteiger partial charge is 0.497 e. The SMILES string of the molecule is COc1ccc(C(=O)OC2C(O)C(C)OC(OC3C(OC4CCC5(C)C(=CCC6C5CCC5(CO)C6CC6OC(O)C(C=C(C)C)C(C)C65)C4)OC(CO)C(O)C3O)C2O)cc1. The molecule has 4 aliphatic carbocycles. The van der Waals surface area contributed by atoms with Crippen LogP contribution in [-0.4, -0.2) is 142 Å². The maximum Gasteiger partial charge on any atom is 0.338 e. The first-order chi connectivity index (χ1) is 29.5. The van der Waals surface area contributed by atoms with Crippen LogP contribution in [-0.2, 0) is 28.4 Å². The van der Waals surface area contributed by atoms with Crippen LogP contribution in [0.2, 0.25) is 0 Å². The zero-order valence-electron chi connectivity index (χ0n) is 36.7. The standard InChI is InChI=1S/C47H68O15/c1-22(2)17-30-23(3)35-33(59-43(30)55)19-32-29-12-9-26-18-28(13-15-46(26,5)31(29)14-16-47(32,35)21-49)58-45-41(38(52)37(51)34(20-48)60-45)62-44-39(53)40(36(50)24(4)57-44)61-42(54)25-7-10-27(56-6)11-8-25/h7-11,17,23-24,28-41,43-45,48-53,55H,12-16,18-21H2,1-6H3. The van der Waals surface area contributed by atoms with Crippen molar-refractivity contribution in [2.75, 3.05) is 20.3 Å². The van der Waals surface area contributed by atoms with E-state index in [4.69, 9.17) is 33.2 Å². The van der Waals surface area contributed by atoms with Gasteiger partial charge >= 0.3 is 5.97 Å². The zero-order valence-corrected chi connectivity index (χ0v) is 36.7. The third-order valence-electron chi connectivity index (χ3n) is 16.3. The first-order valence-corrected chi connectivity index (χ1v) is 22.6. The van der Waals surface area contributed by atoms with Crippen LogP contribution in [0.25, 0.3) is 0 Å². The van der Waals surface area contributed by atoms with Gasteiger partial charge in [0.15, 0.2) is 25.0 Å². The molecule has 21 atom stereocenters. The molecule has 6 fully saturated rings. The summed E-state index contributed by atoms with van der Waals surface area (Å²) in [5.74, 6) is 0.912. The molecule has 0 amide bonds. The highest BCUT2D eigenvalue weighted by Crippen LogP contribution is 2.69. The van der Waals surface area contributed by atoms with Gasteiger partial charge in [0.2, 0.25) is 0 Å². The van der Waals surface area contributed by atoms with Gasteiger partial charge in [0.25, 0.3) is 0 Å². The summed E-state index contributed by atoms with van der Waals surface area (Å²) in [6.45, 7) is 9.70. The minimum absolute atomic E-state index is 0.101. The van der Waals surface area contributed by atoms with Gasteiger partial charge < -0.3 is 68.9 Å². The van der Waals surface area contributed by atoms with Crippen molar-refractivity contribution in [2.24, 2.45) is 46.3 Å². The molecule has 21 unspecified atom stereocenters. The number of aliphatic hydroxyl groups excluding tert-OH is 7. The number of carbonyl (C=O) groups is 1. The van der Waals surface area contributed by atoms with Crippen molar-refractivity contribution in [1.29, 1.82) is 0 Å². The van der Waals surface area contributed by atoms with Crippen molar-refractivity contribution < 1.29 is 73.7 Å². The Bertz CT molecular complexity index is 1800. The summed E-state index contributed by atoms with van der Waals surface area (Å²) in [6, 6.07) is 6.14. The van der Waals surface area contributed by atoms with E-state index in [1.807, 2.05) is 13.8 Å². The number of allylic oxidation sites excluding steroid dienone is 2. The van der Waals surface area contributed by atoms with Crippen LogP contribution in [0.3, 0.4) is 0 Å². The monoisotopic (exact) mass is 872 g/mol. The van der Waals surface area contributed by atoms with Crippen LogP contribution in [0.15, 0.2) is 47.6 Å². The number of esters is 1. The number of hydrogen-bond donors (Lipinski definition) is 7. The Morgan fingerprint density at radius 3 is 2.29 bits per heavy atom. The highest BCUT2D eigenvalue weighted by molar-refractivity contribution is 5.89. The summed E-state index contributed by atoms with van der Waals surface area (Å²) in [5, 5.41) is 77.3. The maximum atomic E-state index is 13.1. The Labute approximate surface area is 363 Å². The van der Waals surface area contributed by atoms with Crippen LogP contribution < -0.4 is 4.74 Å². The van der Waals surface area contributed by atoms with Crippen LogP contribution >= 0.6 is 0 Å². The van der Waals surface area contributed by atoms with E-state index < -0.39 is 80.3 Å². The molecule has 0 radical (unpaired) electrons. The van der Waals surface area contributed by atoms with Gasteiger partial charge in [-0.3, -0.25) is 0 Å². The van der Waals surface area contributed by atoms with Gasteiger partial charge in [0.05, 0.1) is 37.6 Å². The number of rotatable bonds is 10. The summed E-state index contributed by atoms with van der Waals surface area (Å²) in [7, 11) is 1.49. The highest BCUT2D eigenvalue weighted by Gasteiger charge is 2.66. The molecule has 0 bridgehead atoms. The Morgan fingerprint density at radius 2 is 1.61 bits per heavy atom. The molecular formula is C47H68O15. The normalized spacial score (nSPS) is 47.5. The van der Waals surface area contributed by atoms with Crippen molar-refractivity contribution in [1.82, 2.24) is 0 Å². The highest BCUT2D eigenvalue weighted by atomic mass is 16.8. The molecule has 62 heavy (non-hydrogen) atoms. The number of ether oxygens (including phenoxy) is 7. The van der Waals surface area contributed by atoms with Crippen LogP contribution in [0, 0.1) is 46.3 Å². The van der Waals surface area contributed by atoms with Gasteiger partial charge in [-0.15, -0.1) is 0 Å². The molecule has 7 aliphatic rings. The predicted octanol–water partition coefficient (Wildman–Crippen LogP) is 2.99. The second kappa shape index (κ2) is 18.0. The fourth-order valence-corrected chi connectivity index (χ4v) is 13.1. The summed E-state index contributed by atoms with van der Waals surface area (Å²) >= 11 is 0. The van der Waals surface area contributed by atoms with Gasteiger partial charge in [-0.2, -0.15) is 0 Å². The molecule has 15 nitrogen and oxygen atoms in total. The van der Waals surface area contributed by atoms with Crippen LogP contribution in [0.5, 0.6) is 5.75 Å². The molecule has 0 aromatic heterocycles. The molecule has 8 rings (SSSR count). The Hall–Kier alpha value is -2.51. The van der Waals surface area contributed by atoms with E-state index in [0.717, 1.165) is 37.7 Å². The average Bonchev–Trinajstić information content (AvgIpc) is 3.60. The third-order valence-corrected chi connectivity index (χ3v) is 16.3. The Kier molecular flexibility index (Phi) is 13.4. The molecule has 7 N–H and O–H groups in total. The van der Waals surface area contributed by atoms with E-state index in [1.54, 1.807) is 12.1 Å². The van der Waals surface area contributed by atoms with Gasteiger partial charge in [0.1, 0.15) is 42.4 Å². The molecule has 3 aliphatic heterocycles. The molecule has 3 saturated heterocycles. The number of hydrogen-bond acceptors (Lipinski definition) is 15. The molecule has 3 saturated carbocycles. The summed E-state index contributed by atoms with van der Waals surface area (Å²) < 4.78 is 41.9. The van der Waals surface area contributed by atoms with Crippen molar-refractivity contribution in [3.63, 3.8) is 0 Å². The van der Waals surface area contributed by atoms with E-state index in [2.05, 4.69) is 26.0 Å². The maximum absolute atomic E-state index is 13.1. The summed E-state index contributed by atoms with van der Waals surface area (Å²) in [5.41, 5.74) is 2.20. The lowest BCUT2D eigenvalue weighted by molar-refractivity contribution is -0.369. The topological polar surface area (TPSA) is 223 Å². The van der Waals surface area contributed by atoms with E-state index >= 15 is 0 Å². The second-order valence-electron chi connectivity index (χ2n) is 19.8. The lowest BCUT2D eigenvalue weighted by Gasteiger charge is -2.59. The minimum atomic E-state index is -1.72. The predicted molar refractivity (Wildman–Crippen MR) is 221 cm³/mol. The minimum Gasteiger partial charge on any atom is -0.497 e. The van der Waals surface area contributed by atoms with Crippen LogP contribution in [0.4, 0.5) is 0 Å². The zero-order chi connectivity index (χ0) is 44.4. The number of methoxy groups -OCH3 is 1. The van der Waals surface area contributed by atoms with Crippen molar-refractivity contribution >= 4 is 5.97 Å². The first-order valence-electron chi connectivity index (χ1n) is 22.6. The van der Waals surface area contributed by atoms with Gasteiger partial charge in [-0.05, 0) is 125 Å². The number of carbonyl (C=O) groups excluding carboxylic acids is 1. The molecule has 346 valence electrons. The molecule has 1 aromatic carbocycles. The Balaban J connectivity index is 0.972. The molecule has 0 spiro atoms. The fraction of sp³-hybridized carbons (Fsp3) is 0.766. The lowest BCUT2D eigenvalue weighted by atomic mass is 9.46.